The van der Waals surface area contributed by atoms with Crippen molar-refractivity contribution >= 4 is 0 Å². The number of alkyl halides is 4. The van der Waals surface area contributed by atoms with Gasteiger partial charge in [0.1, 0.15) is 0 Å². The summed E-state index contributed by atoms with van der Waals surface area (Å²) in [6.07, 6.45) is 0.134. The van der Waals surface area contributed by atoms with Crippen LogP contribution in [0.1, 0.15) is 0 Å². The maximum absolute atomic E-state index is 8.96. The fraction of sp³-hybridized carbons (Fsp3) is 1.00. The number of aliphatic hydroxyl groups excluding tert-OH is 1. The fourth-order valence-corrected chi connectivity index (χ4v) is 9.53. The first-order chi connectivity index (χ1) is 3.39. The summed E-state index contributed by atoms with van der Waals surface area (Å²) < 4.78 is 3.91. The molecule has 46 valence electrons. The molecule has 1 aliphatic rings. The predicted octanol–water partition coefficient (Wildman–Crippen LogP) is -6.50. The summed E-state index contributed by atoms with van der Waals surface area (Å²) in [6, 6.07) is 0. The standard InChI is InChI=1S/C4H8I2O/c7-4-1-5-3-6-2-4/h4,7H,1-3H2/q-2. The zero-order valence-electron chi connectivity index (χ0n) is 3.90. The van der Waals surface area contributed by atoms with E-state index in [1.165, 1.54) is 8.86 Å². The van der Waals surface area contributed by atoms with Crippen molar-refractivity contribution in [3.63, 3.8) is 0 Å². The van der Waals surface area contributed by atoms with Crippen LogP contribution in [0.5, 0.6) is 0 Å². The summed E-state index contributed by atoms with van der Waals surface area (Å²) in [5.41, 5.74) is 0. The third-order valence-electron chi connectivity index (χ3n) is 0.717. The Bertz CT molecular complexity index is 51.7. The average Bonchev–Trinajstić information content (AvgIpc) is 1.69. The Labute approximate surface area is 64.4 Å². The van der Waals surface area contributed by atoms with Crippen LogP contribution in [0.2, 0.25) is 0 Å². The summed E-state index contributed by atoms with van der Waals surface area (Å²) in [4.78, 5) is 0. The van der Waals surface area contributed by atoms with Gasteiger partial charge < -0.3 is 0 Å². The molecule has 7 heavy (non-hydrogen) atoms. The van der Waals surface area contributed by atoms with E-state index in [9.17, 15) is 0 Å². The third kappa shape index (κ3) is 2.46. The zero-order valence-corrected chi connectivity index (χ0v) is 8.22. The van der Waals surface area contributed by atoms with Crippen molar-refractivity contribution in [1.29, 1.82) is 0 Å². The first-order valence-electron chi connectivity index (χ1n) is 2.14. The van der Waals surface area contributed by atoms with Gasteiger partial charge in [0.15, 0.2) is 0 Å². The molecule has 1 fully saturated rings. The molecule has 1 aliphatic heterocycles. The molecular weight excluding hydrogens is 318 g/mol. The molecule has 1 nitrogen and oxygen atoms in total. The van der Waals surface area contributed by atoms with Crippen LogP contribution in [-0.2, 0) is 0 Å². The molecular formula is C4H8I2O-2. The van der Waals surface area contributed by atoms with Crippen molar-refractivity contribution in [2.75, 3.05) is 11.3 Å². The summed E-state index contributed by atoms with van der Waals surface area (Å²) in [5, 5.41) is 8.96. The van der Waals surface area contributed by atoms with E-state index in [4.69, 9.17) is 5.11 Å². The topological polar surface area (TPSA) is 20.2 Å². The van der Waals surface area contributed by atoms with Crippen molar-refractivity contribution in [2.24, 2.45) is 0 Å². The van der Waals surface area contributed by atoms with E-state index in [0.717, 1.165) is 0 Å². The second-order valence-electron chi connectivity index (χ2n) is 1.44. The molecule has 0 bridgehead atoms. The van der Waals surface area contributed by atoms with E-state index < -0.39 is 0 Å². The molecule has 0 aromatic heterocycles. The Hall–Kier alpha value is 1.42. The van der Waals surface area contributed by atoms with Gasteiger partial charge in [-0.1, -0.05) is 0 Å². The van der Waals surface area contributed by atoms with Gasteiger partial charge in [0.2, 0.25) is 0 Å². The molecule has 0 aliphatic carbocycles. The van der Waals surface area contributed by atoms with E-state index in [1.807, 2.05) is 0 Å². The monoisotopic (exact) mass is 326 g/mol. The van der Waals surface area contributed by atoms with Crippen LogP contribution in [0.25, 0.3) is 0 Å². The minimum atomic E-state index is 0.134. The van der Waals surface area contributed by atoms with E-state index in [-0.39, 0.29) is 6.10 Å². The second-order valence-corrected chi connectivity index (χ2v) is 9.81. The van der Waals surface area contributed by atoms with Gasteiger partial charge in [-0.2, -0.15) is 0 Å². The van der Waals surface area contributed by atoms with Gasteiger partial charge in [-0.15, -0.1) is 0 Å². The average molecular weight is 326 g/mol. The van der Waals surface area contributed by atoms with Crippen LogP contribution < -0.4 is 42.4 Å². The molecule has 3 heteroatoms. The third-order valence-corrected chi connectivity index (χ3v) is 10.3. The number of halogens is 2. The fourth-order valence-electron chi connectivity index (χ4n) is 0.426. The second kappa shape index (κ2) is 3.45. The summed E-state index contributed by atoms with van der Waals surface area (Å²) in [5.74, 6) is 0. The first kappa shape index (κ1) is 6.54. The van der Waals surface area contributed by atoms with Crippen LogP contribution in [0.15, 0.2) is 0 Å². The molecule has 0 spiro atoms. The van der Waals surface area contributed by atoms with Gasteiger partial charge in [0, 0.05) is 0 Å². The van der Waals surface area contributed by atoms with Crippen LogP contribution >= 0.6 is 0 Å². The van der Waals surface area contributed by atoms with E-state index in [1.54, 1.807) is 2.43 Å². The Kier molecular flexibility index (Phi) is 3.22. The van der Waals surface area contributed by atoms with E-state index in [2.05, 4.69) is 0 Å². The Morgan fingerprint density at radius 2 is 1.86 bits per heavy atom. The zero-order chi connectivity index (χ0) is 5.11. The normalized spacial score (nSPS) is 27.6. The van der Waals surface area contributed by atoms with Crippen LogP contribution in [0.4, 0.5) is 0 Å². The number of aliphatic hydroxyl groups is 1. The Morgan fingerprint density at radius 1 is 1.29 bits per heavy atom. The van der Waals surface area contributed by atoms with Gasteiger partial charge in [-0.05, 0) is 0 Å². The van der Waals surface area contributed by atoms with Crippen molar-refractivity contribution in [2.45, 2.75) is 6.10 Å². The van der Waals surface area contributed by atoms with Crippen molar-refractivity contribution in [3.05, 3.63) is 0 Å². The number of hydrogen-bond acceptors (Lipinski definition) is 1. The SMILES string of the molecule is OC1C[I-]C[I-]C1. The van der Waals surface area contributed by atoms with Gasteiger partial charge in [0.05, 0.1) is 0 Å². The molecule has 1 rings (SSSR count). The molecule has 1 heterocycles. The maximum atomic E-state index is 8.96. The first-order valence-corrected chi connectivity index (χ1v) is 8.25. The molecule has 0 aromatic rings. The van der Waals surface area contributed by atoms with Crippen molar-refractivity contribution < 1.29 is 47.5 Å². The molecule has 0 saturated carbocycles. The number of rotatable bonds is 0. The van der Waals surface area contributed by atoms with E-state index >= 15 is 0 Å². The minimum absolute atomic E-state index is 0.134. The molecule has 0 amide bonds. The molecule has 0 unspecified atom stereocenters. The van der Waals surface area contributed by atoms with Crippen LogP contribution in [0, 0.1) is 0 Å². The van der Waals surface area contributed by atoms with Gasteiger partial charge in [-0.25, -0.2) is 0 Å². The number of hydrogen-bond donors (Lipinski definition) is 1. The van der Waals surface area contributed by atoms with Crippen LogP contribution in [-0.4, -0.2) is 22.5 Å². The molecule has 0 aromatic carbocycles. The summed E-state index contributed by atoms with van der Waals surface area (Å²) >= 11 is 0.947. The molecule has 0 atom stereocenters. The summed E-state index contributed by atoms with van der Waals surface area (Å²) in [7, 11) is 0. The predicted molar refractivity (Wildman–Crippen MR) is 20.6 cm³/mol. The van der Waals surface area contributed by atoms with Crippen molar-refractivity contribution in [3.8, 4) is 0 Å². The molecule has 1 N–H and O–H groups in total. The van der Waals surface area contributed by atoms with Crippen LogP contribution in [0.3, 0.4) is 0 Å². The van der Waals surface area contributed by atoms with Gasteiger partial charge in [-0.3, -0.25) is 0 Å². The van der Waals surface area contributed by atoms with Gasteiger partial charge >= 0.3 is 64.9 Å². The Balaban J connectivity index is 2.12. The van der Waals surface area contributed by atoms with E-state index in [0.29, 0.717) is 42.4 Å². The van der Waals surface area contributed by atoms with Gasteiger partial charge in [0.25, 0.3) is 0 Å². The molecule has 0 radical (unpaired) electrons. The molecule has 1 saturated heterocycles. The summed E-state index contributed by atoms with van der Waals surface area (Å²) in [6.45, 7) is 0. The quantitative estimate of drug-likeness (QED) is 0.347. The Morgan fingerprint density at radius 3 is 2.14 bits per heavy atom. The van der Waals surface area contributed by atoms with Crippen molar-refractivity contribution in [1.82, 2.24) is 0 Å².